The van der Waals surface area contributed by atoms with E-state index in [-0.39, 0.29) is 0 Å². The van der Waals surface area contributed by atoms with Gasteiger partial charge in [-0.3, -0.25) is 0 Å². The second kappa shape index (κ2) is 4.58. The highest BCUT2D eigenvalue weighted by Gasteiger charge is 2.31. The Kier molecular flexibility index (Phi) is 3.09. The number of thiazole rings is 1. The molecule has 1 N–H and O–H groups in total. The number of hydrogen-bond acceptors (Lipinski definition) is 4. The molecule has 0 aromatic carbocycles. The van der Waals surface area contributed by atoms with Gasteiger partial charge in [0.2, 0.25) is 0 Å². The molecule has 1 saturated carbocycles. The average molecular weight is 251 g/mol. The first-order chi connectivity index (χ1) is 8.29. The molecule has 94 valence electrons. The smallest absolute Gasteiger partial charge is 0.186 e. The topological polar surface area (TPSA) is 28.2 Å². The van der Waals surface area contributed by atoms with Crippen LogP contribution in [0, 0.1) is 0 Å². The van der Waals surface area contributed by atoms with Gasteiger partial charge in [0.05, 0.1) is 5.69 Å². The predicted octanol–water partition coefficient (Wildman–Crippen LogP) is 2.73. The van der Waals surface area contributed by atoms with E-state index >= 15 is 0 Å². The highest BCUT2D eigenvalue weighted by atomic mass is 32.1. The lowest BCUT2D eigenvalue weighted by atomic mass is 10.2. The van der Waals surface area contributed by atoms with Gasteiger partial charge in [0.1, 0.15) is 0 Å². The molecule has 0 spiro atoms. The van der Waals surface area contributed by atoms with Crippen molar-refractivity contribution in [1.82, 2.24) is 10.3 Å². The lowest BCUT2D eigenvalue weighted by Gasteiger charge is -2.19. The minimum atomic E-state index is 0.677. The van der Waals surface area contributed by atoms with E-state index in [4.69, 9.17) is 4.98 Å². The molecule has 2 heterocycles. The predicted molar refractivity (Wildman–Crippen MR) is 72.9 cm³/mol. The maximum atomic E-state index is 4.93. The molecule has 0 amide bonds. The summed E-state index contributed by atoms with van der Waals surface area (Å²) in [6, 6.07) is 0.677. The van der Waals surface area contributed by atoms with E-state index in [1.54, 1.807) is 0 Å². The highest BCUT2D eigenvalue weighted by molar-refractivity contribution is 7.15. The van der Waals surface area contributed by atoms with Crippen molar-refractivity contribution in [1.29, 1.82) is 0 Å². The third-order valence-electron chi connectivity index (χ3n) is 3.82. The summed E-state index contributed by atoms with van der Waals surface area (Å²) in [5.74, 6) is 0.765. The summed E-state index contributed by atoms with van der Waals surface area (Å²) >= 11 is 1.91. The third-order valence-corrected chi connectivity index (χ3v) is 4.92. The van der Waals surface area contributed by atoms with Gasteiger partial charge in [-0.2, -0.15) is 0 Å². The van der Waals surface area contributed by atoms with Crippen molar-refractivity contribution in [2.24, 2.45) is 0 Å². The Labute approximate surface area is 107 Å². The zero-order valence-corrected chi connectivity index (χ0v) is 11.5. The summed E-state index contributed by atoms with van der Waals surface area (Å²) in [5, 5.41) is 4.54. The Morgan fingerprint density at radius 3 is 2.82 bits per heavy atom. The fourth-order valence-electron chi connectivity index (χ4n) is 2.65. The van der Waals surface area contributed by atoms with Crippen LogP contribution in [0.1, 0.15) is 49.1 Å². The van der Waals surface area contributed by atoms with Gasteiger partial charge in [0, 0.05) is 29.9 Å². The van der Waals surface area contributed by atoms with Crippen LogP contribution in [-0.4, -0.2) is 24.6 Å². The van der Waals surface area contributed by atoms with Crippen molar-refractivity contribution in [2.45, 2.75) is 51.1 Å². The van der Waals surface area contributed by atoms with Gasteiger partial charge in [-0.25, -0.2) is 4.98 Å². The summed E-state index contributed by atoms with van der Waals surface area (Å²) < 4.78 is 0. The lowest BCUT2D eigenvalue weighted by molar-refractivity contribution is 0.731. The Morgan fingerprint density at radius 2 is 2.24 bits per heavy atom. The van der Waals surface area contributed by atoms with Crippen LogP contribution in [-0.2, 0) is 6.54 Å². The maximum Gasteiger partial charge on any atom is 0.186 e. The summed E-state index contributed by atoms with van der Waals surface area (Å²) in [5.41, 5.74) is 1.39. The molecule has 1 aromatic heterocycles. The van der Waals surface area contributed by atoms with Crippen molar-refractivity contribution in [3.05, 3.63) is 10.6 Å². The molecule has 1 atom stereocenters. The summed E-state index contributed by atoms with van der Waals surface area (Å²) in [6.45, 7) is 4.49. The van der Waals surface area contributed by atoms with Crippen LogP contribution in [0.5, 0.6) is 0 Å². The minimum absolute atomic E-state index is 0.677. The highest BCUT2D eigenvalue weighted by Crippen LogP contribution is 2.44. The molecule has 0 radical (unpaired) electrons. The maximum absolute atomic E-state index is 4.93. The van der Waals surface area contributed by atoms with Crippen molar-refractivity contribution in [2.75, 3.05) is 18.5 Å². The molecule has 3 rings (SSSR count). The van der Waals surface area contributed by atoms with Crippen LogP contribution >= 0.6 is 11.3 Å². The van der Waals surface area contributed by atoms with Crippen molar-refractivity contribution in [3.63, 3.8) is 0 Å². The minimum Gasteiger partial charge on any atom is -0.345 e. The van der Waals surface area contributed by atoms with Gasteiger partial charge in [0.25, 0.3) is 0 Å². The molecule has 1 unspecified atom stereocenters. The number of nitrogens with zero attached hydrogens (tertiary/aromatic N) is 2. The number of hydrogen-bond donors (Lipinski definition) is 1. The average Bonchev–Trinajstić information content (AvgIpc) is 2.94. The molecular weight excluding hydrogens is 230 g/mol. The molecule has 17 heavy (non-hydrogen) atoms. The zero-order chi connectivity index (χ0) is 11.8. The van der Waals surface area contributed by atoms with Crippen LogP contribution in [0.15, 0.2) is 0 Å². The SMILES string of the molecule is CNCc1sc(N2CCCC2C)nc1C1CC1. The summed E-state index contributed by atoms with van der Waals surface area (Å²) in [6.07, 6.45) is 5.32. The van der Waals surface area contributed by atoms with Crippen molar-refractivity contribution < 1.29 is 0 Å². The zero-order valence-electron chi connectivity index (χ0n) is 10.7. The van der Waals surface area contributed by atoms with E-state index in [2.05, 4.69) is 17.1 Å². The van der Waals surface area contributed by atoms with Gasteiger partial charge in [-0.05, 0) is 39.7 Å². The lowest BCUT2D eigenvalue weighted by Crippen LogP contribution is -2.25. The molecule has 2 aliphatic rings. The quantitative estimate of drug-likeness (QED) is 0.892. The Morgan fingerprint density at radius 1 is 1.41 bits per heavy atom. The molecule has 2 fully saturated rings. The van der Waals surface area contributed by atoms with Crippen LogP contribution in [0.25, 0.3) is 0 Å². The third kappa shape index (κ3) is 2.20. The van der Waals surface area contributed by atoms with E-state index in [1.165, 1.54) is 47.9 Å². The van der Waals surface area contributed by atoms with Gasteiger partial charge in [-0.15, -0.1) is 11.3 Å². The van der Waals surface area contributed by atoms with Gasteiger partial charge in [0.15, 0.2) is 5.13 Å². The molecule has 0 bridgehead atoms. The second-order valence-corrected chi connectivity index (χ2v) is 6.36. The standard InChI is InChI=1S/C13H21N3S/c1-9-4-3-7-16(9)13-15-12(10-5-6-10)11(17-13)8-14-2/h9-10,14H,3-8H2,1-2H3. The monoisotopic (exact) mass is 251 g/mol. The molecule has 4 heteroatoms. The van der Waals surface area contributed by atoms with E-state index in [1.807, 2.05) is 18.4 Å². The van der Waals surface area contributed by atoms with Gasteiger partial charge < -0.3 is 10.2 Å². The second-order valence-electron chi connectivity index (χ2n) is 5.29. The van der Waals surface area contributed by atoms with Gasteiger partial charge >= 0.3 is 0 Å². The first kappa shape index (κ1) is 11.5. The fourth-order valence-corrected chi connectivity index (χ4v) is 3.94. The molecular formula is C13H21N3S. The van der Waals surface area contributed by atoms with Crippen LogP contribution < -0.4 is 10.2 Å². The fraction of sp³-hybridized carbons (Fsp3) is 0.769. The number of nitrogens with one attached hydrogen (secondary N) is 1. The largest absolute Gasteiger partial charge is 0.345 e. The van der Waals surface area contributed by atoms with Crippen molar-refractivity contribution >= 4 is 16.5 Å². The molecule has 1 saturated heterocycles. The molecule has 1 aliphatic carbocycles. The number of rotatable bonds is 4. The van der Waals surface area contributed by atoms with Crippen molar-refractivity contribution in [3.8, 4) is 0 Å². The Balaban J connectivity index is 1.86. The summed E-state index contributed by atoms with van der Waals surface area (Å²) in [4.78, 5) is 8.89. The number of anilines is 1. The molecule has 1 aromatic rings. The Bertz CT molecular complexity index is 397. The number of aromatic nitrogens is 1. The van der Waals surface area contributed by atoms with E-state index in [0.29, 0.717) is 6.04 Å². The van der Waals surface area contributed by atoms with E-state index < -0.39 is 0 Å². The first-order valence-electron chi connectivity index (χ1n) is 6.70. The van der Waals surface area contributed by atoms with Crippen LogP contribution in [0.4, 0.5) is 5.13 Å². The van der Waals surface area contributed by atoms with E-state index in [9.17, 15) is 0 Å². The van der Waals surface area contributed by atoms with Crippen LogP contribution in [0.2, 0.25) is 0 Å². The van der Waals surface area contributed by atoms with E-state index in [0.717, 1.165) is 12.5 Å². The summed E-state index contributed by atoms with van der Waals surface area (Å²) in [7, 11) is 2.02. The molecule has 3 nitrogen and oxygen atoms in total. The Hall–Kier alpha value is -0.610. The molecule has 1 aliphatic heterocycles. The van der Waals surface area contributed by atoms with Gasteiger partial charge in [-0.1, -0.05) is 0 Å². The first-order valence-corrected chi connectivity index (χ1v) is 7.52. The van der Waals surface area contributed by atoms with Crippen LogP contribution in [0.3, 0.4) is 0 Å². The normalized spacial score (nSPS) is 24.6.